The Balaban J connectivity index is 2.38. The summed E-state index contributed by atoms with van der Waals surface area (Å²) in [6.45, 7) is 1.02. The second-order valence-electron chi connectivity index (χ2n) is 4.69. The van der Waals surface area contributed by atoms with Gasteiger partial charge < -0.3 is 5.73 Å². The molecule has 2 rings (SSSR count). The monoisotopic (exact) mass is 300 g/mol. The zero-order valence-electron chi connectivity index (χ0n) is 10.8. The van der Waals surface area contributed by atoms with Crippen LogP contribution in [0.25, 0.3) is 0 Å². The number of nitrogens with zero attached hydrogens (tertiary/aromatic N) is 3. The van der Waals surface area contributed by atoms with Gasteiger partial charge >= 0.3 is 5.69 Å². The third-order valence-electron chi connectivity index (χ3n) is 3.35. The number of nitrogens with two attached hydrogens (primary N) is 1. The molecule has 1 atom stereocenters. The van der Waals surface area contributed by atoms with Gasteiger partial charge in [-0.3, -0.25) is 10.1 Å². The minimum absolute atomic E-state index is 0.0845. The van der Waals surface area contributed by atoms with Crippen LogP contribution in [0.3, 0.4) is 0 Å². The molecule has 0 aliphatic carbocycles. The lowest BCUT2D eigenvalue weighted by Gasteiger charge is -2.30. The molecular formula is C11H16N4O4S. The van der Waals surface area contributed by atoms with Gasteiger partial charge in [0, 0.05) is 25.4 Å². The first-order valence-corrected chi connectivity index (χ1v) is 7.70. The van der Waals surface area contributed by atoms with Crippen LogP contribution in [0.15, 0.2) is 23.4 Å². The normalized spacial score (nSPS) is 20.8. The molecule has 1 aromatic rings. The standard InChI is InChI=1S/C11H16N4O4S/c12-7-9-3-2-6-14(8-9)20(18,19)11-10(15(16)17)4-1-5-13-11/h1,4-5,9H,2-3,6-8,12H2/t9-/m1/s1. The van der Waals surface area contributed by atoms with Crippen molar-refractivity contribution in [2.75, 3.05) is 19.6 Å². The smallest absolute Gasteiger partial charge is 0.308 e. The van der Waals surface area contributed by atoms with Gasteiger partial charge in [-0.2, -0.15) is 4.31 Å². The highest BCUT2D eigenvalue weighted by Crippen LogP contribution is 2.27. The fraction of sp³-hybridized carbons (Fsp3) is 0.545. The largest absolute Gasteiger partial charge is 0.330 e. The maximum Gasteiger partial charge on any atom is 0.308 e. The van der Waals surface area contributed by atoms with Gasteiger partial charge in [0.1, 0.15) is 0 Å². The van der Waals surface area contributed by atoms with Gasteiger partial charge in [-0.1, -0.05) is 0 Å². The van der Waals surface area contributed by atoms with Crippen LogP contribution in [0.4, 0.5) is 5.69 Å². The second-order valence-corrected chi connectivity index (χ2v) is 6.55. The van der Waals surface area contributed by atoms with E-state index in [0.717, 1.165) is 12.5 Å². The van der Waals surface area contributed by atoms with Crippen molar-refractivity contribution < 1.29 is 13.3 Å². The Morgan fingerprint density at radius 3 is 2.95 bits per heavy atom. The summed E-state index contributed by atoms with van der Waals surface area (Å²) in [5.74, 6) is 0.0845. The lowest BCUT2D eigenvalue weighted by Crippen LogP contribution is -2.42. The predicted octanol–water partition coefficient (Wildman–Crippen LogP) is 0.349. The van der Waals surface area contributed by atoms with Gasteiger partial charge in [0.2, 0.25) is 5.03 Å². The van der Waals surface area contributed by atoms with Crippen LogP contribution in [0.5, 0.6) is 0 Å². The van der Waals surface area contributed by atoms with Crippen LogP contribution in [-0.2, 0) is 10.0 Å². The number of hydrogen-bond acceptors (Lipinski definition) is 6. The number of piperidine rings is 1. The molecule has 0 radical (unpaired) electrons. The molecule has 0 spiro atoms. The van der Waals surface area contributed by atoms with Crippen molar-refractivity contribution in [3.05, 3.63) is 28.4 Å². The number of pyridine rings is 1. The fourth-order valence-electron chi connectivity index (χ4n) is 2.28. The topological polar surface area (TPSA) is 119 Å². The summed E-state index contributed by atoms with van der Waals surface area (Å²) in [4.78, 5) is 13.9. The Labute approximate surface area is 116 Å². The Kier molecular flexibility index (Phi) is 4.31. The molecule has 20 heavy (non-hydrogen) atoms. The molecule has 2 heterocycles. The minimum atomic E-state index is -3.96. The molecule has 2 N–H and O–H groups in total. The average Bonchev–Trinajstić information content (AvgIpc) is 2.47. The van der Waals surface area contributed by atoms with E-state index in [9.17, 15) is 18.5 Å². The van der Waals surface area contributed by atoms with Crippen molar-refractivity contribution in [3.63, 3.8) is 0 Å². The van der Waals surface area contributed by atoms with Crippen LogP contribution in [-0.4, -0.2) is 42.3 Å². The van der Waals surface area contributed by atoms with Crippen molar-refractivity contribution in [3.8, 4) is 0 Å². The van der Waals surface area contributed by atoms with E-state index in [2.05, 4.69) is 4.98 Å². The lowest BCUT2D eigenvalue weighted by atomic mass is 10.0. The molecule has 1 aromatic heterocycles. The average molecular weight is 300 g/mol. The summed E-state index contributed by atoms with van der Waals surface area (Å²) in [6, 6.07) is 2.49. The van der Waals surface area contributed by atoms with E-state index in [1.54, 1.807) is 0 Å². The van der Waals surface area contributed by atoms with E-state index < -0.39 is 25.7 Å². The van der Waals surface area contributed by atoms with Gasteiger partial charge in [0.25, 0.3) is 10.0 Å². The molecule has 1 aliphatic rings. The summed E-state index contributed by atoms with van der Waals surface area (Å²) in [6.07, 6.45) is 2.80. The van der Waals surface area contributed by atoms with Crippen LogP contribution in [0.2, 0.25) is 0 Å². The highest BCUT2D eigenvalue weighted by atomic mass is 32.2. The summed E-state index contributed by atoms with van der Waals surface area (Å²) in [7, 11) is -3.96. The number of sulfonamides is 1. The number of aromatic nitrogens is 1. The van der Waals surface area contributed by atoms with E-state index in [0.29, 0.717) is 19.5 Å². The Bertz CT molecular complexity index is 604. The van der Waals surface area contributed by atoms with Crippen LogP contribution in [0.1, 0.15) is 12.8 Å². The Morgan fingerprint density at radius 2 is 2.30 bits per heavy atom. The van der Waals surface area contributed by atoms with Crippen LogP contribution < -0.4 is 5.73 Å². The molecule has 0 aromatic carbocycles. The Hall–Kier alpha value is -1.58. The number of nitro groups is 1. The molecule has 0 unspecified atom stereocenters. The highest BCUT2D eigenvalue weighted by Gasteiger charge is 2.35. The van der Waals surface area contributed by atoms with Crippen molar-refractivity contribution in [1.82, 2.24) is 9.29 Å². The molecule has 1 aliphatic heterocycles. The van der Waals surface area contributed by atoms with E-state index in [1.807, 2.05) is 0 Å². The van der Waals surface area contributed by atoms with Gasteiger partial charge in [0.15, 0.2) is 0 Å². The van der Waals surface area contributed by atoms with E-state index in [1.165, 1.54) is 16.6 Å². The van der Waals surface area contributed by atoms with Crippen LogP contribution in [0, 0.1) is 16.0 Å². The third kappa shape index (κ3) is 2.79. The summed E-state index contributed by atoms with van der Waals surface area (Å²) < 4.78 is 26.2. The summed E-state index contributed by atoms with van der Waals surface area (Å²) in [5, 5.41) is 10.4. The first kappa shape index (κ1) is 14.8. The predicted molar refractivity (Wildman–Crippen MR) is 71.4 cm³/mol. The molecule has 110 valence electrons. The minimum Gasteiger partial charge on any atom is -0.330 e. The molecular weight excluding hydrogens is 284 g/mol. The molecule has 1 saturated heterocycles. The quantitative estimate of drug-likeness (QED) is 0.633. The molecule has 0 amide bonds. The van der Waals surface area contributed by atoms with E-state index >= 15 is 0 Å². The third-order valence-corrected chi connectivity index (χ3v) is 5.16. The van der Waals surface area contributed by atoms with Gasteiger partial charge in [0.05, 0.1) is 4.92 Å². The maximum atomic E-state index is 12.5. The fourth-order valence-corrected chi connectivity index (χ4v) is 3.90. The lowest BCUT2D eigenvalue weighted by molar-refractivity contribution is -0.388. The maximum absolute atomic E-state index is 12.5. The van der Waals surface area contributed by atoms with Gasteiger partial charge in [-0.25, -0.2) is 13.4 Å². The molecule has 0 saturated carbocycles. The van der Waals surface area contributed by atoms with Gasteiger partial charge in [-0.05, 0) is 31.4 Å². The highest BCUT2D eigenvalue weighted by molar-refractivity contribution is 7.89. The summed E-state index contributed by atoms with van der Waals surface area (Å²) in [5.41, 5.74) is 5.08. The molecule has 9 heteroatoms. The number of rotatable bonds is 4. The van der Waals surface area contributed by atoms with E-state index in [-0.39, 0.29) is 12.5 Å². The molecule has 1 fully saturated rings. The van der Waals surface area contributed by atoms with Crippen molar-refractivity contribution in [1.29, 1.82) is 0 Å². The van der Waals surface area contributed by atoms with Crippen LogP contribution >= 0.6 is 0 Å². The van der Waals surface area contributed by atoms with Crippen molar-refractivity contribution in [2.45, 2.75) is 17.9 Å². The molecule has 0 bridgehead atoms. The SMILES string of the molecule is NC[C@H]1CCCN(S(=O)(=O)c2ncccc2[N+](=O)[O-])C1. The second kappa shape index (κ2) is 5.81. The first-order chi connectivity index (χ1) is 9.46. The zero-order chi connectivity index (χ0) is 14.8. The Morgan fingerprint density at radius 1 is 1.55 bits per heavy atom. The zero-order valence-corrected chi connectivity index (χ0v) is 11.6. The summed E-state index contributed by atoms with van der Waals surface area (Å²) >= 11 is 0. The van der Waals surface area contributed by atoms with Gasteiger partial charge in [-0.15, -0.1) is 0 Å². The first-order valence-electron chi connectivity index (χ1n) is 6.26. The van der Waals surface area contributed by atoms with E-state index in [4.69, 9.17) is 5.73 Å². The molecule has 8 nitrogen and oxygen atoms in total. The van der Waals surface area contributed by atoms with Crippen molar-refractivity contribution >= 4 is 15.7 Å². The van der Waals surface area contributed by atoms with Crippen molar-refractivity contribution in [2.24, 2.45) is 11.7 Å². The number of hydrogen-bond donors (Lipinski definition) is 1.